The van der Waals surface area contributed by atoms with E-state index < -0.39 is 22.0 Å². The third-order valence-corrected chi connectivity index (χ3v) is 5.46. The molecule has 0 aromatic carbocycles. The van der Waals surface area contributed by atoms with E-state index in [1.54, 1.807) is 0 Å². The zero-order chi connectivity index (χ0) is 17.4. The molecule has 1 N–H and O–H groups in total. The second-order valence-corrected chi connectivity index (χ2v) is 9.14. The Morgan fingerprint density at radius 1 is 1.09 bits per heavy atom. The molecule has 0 aromatic rings. The van der Waals surface area contributed by atoms with Crippen molar-refractivity contribution < 1.29 is 27.2 Å². The average Bonchev–Trinajstić information content (AvgIpc) is 2.46. The van der Waals surface area contributed by atoms with Crippen LogP contribution in [-0.2, 0) is 23.8 Å². The van der Waals surface area contributed by atoms with Crippen molar-refractivity contribution in [2.75, 3.05) is 12.9 Å². The highest BCUT2D eigenvalue weighted by atomic mass is 32.2. The fourth-order valence-electron chi connectivity index (χ4n) is 4.09. The normalized spacial score (nSPS) is 45.8. The third kappa shape index (κ3) is 4.45. The van der Waals surface area contributed by atoms with E-state index in [4.69, 9.17) is 13.7 Å². The molecule has 7 heteroatoms. The summed E-state index contributed by atoms with van der Waals surface area (Å²) >= 11 is 0. The minimum Gasteiger partial charge on any atom is -0.387 e. The van der Waals surface area contributed by atoms with E-state index in [0.717, 1.165) is 19.1 Å². The molecule has 136 valence electrons. The standard InChI is InChI=1S/C16H30O6S/c1-10-6-11(2)15(17)16(21-12(3)8-13(4)22-16)14(7-10)9-20-23(5,18)19/h10-15,17H,6-9H2,1-5H3/t10-,11+,12-,13+,14+,15-,16?/m0/s1. The lowest BCUT2D eigenvalue weighted by atomic mass is 9.87. The van der Waals surface area contributed by atoms with Gasteiger partial charge in [0.05, 0.1) is 25.1 Å². The molecule has 0 aromatic heterocycles. The first kappa shape index (κ1) is 19.1. The van der Waals surface area contributed by atoms with Crippen LogP contribution >= 0.6 is 0 Å². The minimum absolute atomic E-state index is 0.00531. The lowest BCUT2D eigenvalue weighted by Crippen LogP contribution is -2.61. The van der Waals surface area contributed by atoms with Gasteiger partial charge in [-0.15, -0.1) is 0 Å². The van der Waals surface area contributed by atoms with E-state index in [2.05, 4.69) is 6.92 Å². The Kier molecular flexibility index (Phi) is 5.78. The van der Waals surface area contributed by atoms with Crippen molar-refractivity contribution in [1.82, 2.24) is 0 Å². The van der Waals surface area contributed by atoms with Crippen LogP contribution < -0.4 is 0 Å². The Morgan fingerprint density at radius 2 is 1.65 bits per heavy atom. The molecule has 2 aliphatic rings. The maximum atomic E-state index is 11.4. The first-order valence-electron chi connectivity index (χ1n) is 8.41. The second-order valence-electron chi connectivity index (χ2n) is 7.50. The van der Waals surface area contributed by atoms with Gasteiger partial charge in [-0.25, -0.2) is 0 Å². The molecule has 2 rings (SSSR count). The number of hydrogen-bond donors (Lipinski definition) is 1. The van der Waals surface area contributed by atoms with Gasteiger partial charge in [0, 0.05) is 5.92 Å². The SMILES string of the molecule is C[C@@H]1C[C@H](COS(C)(=O)=O)C2(O[C@H](C)C[C@H](C)O2)[C@@H](O)[C@H](C)C1. The van der Waals surface area contributed by atoms with Crippen LogP contribution in [0.5, 0.6) is 0 Å². The summed E-state index contributed by atoms with van der Waals surface area (Å²) in [5.41, 5.74) is 0. The van der Waals surface area contributed by atoms with Crippen molar-refractivity contribution in [3.05, 3.63) is 0 Å². The summed E-state index contributed by atoms with van der Waals surface area (Å²) in [4.78, 5) is 0. The molecule has 23 heavy (non-hydrogen) atoms. The molecule has 0 radical (unpaired) electrons. The van der Waals surface area contributed by atoms with E-state index in [0.29, 0.717) is 12.3 Å². The molecule has 1 saturated carbocycles. The zero-order valence-electron chi connectivity index (χ0n) is 14.7. The van der Waals surface area contributed by atoms with Crippen LogP contribution in [0.1, 0.15) is 47.0 Å². The maximum absolute atomic E-state index is 11.4. The van der Waals surface area contributed by atoms with Gasteiger partial charge in [-0.05, 0) is 44.9 Å². The molecule has 2 fully saturated rings. The van der Waals surface area contributed by atoms with Gasteiger partial charge in [-0.3, -0.25) is 4.18 Å². The smallest absolute Gasteiger partial charge is 0.264 e. The van der Waals surface area contributed by atoms with E-state index in [1.807, 2.05) is 20.8 Å². The zero-order valence-corrected chi connectivity index (χ0v) is 15.5. The van der Waals surface area contributed by atoms with Gasteiger partial charge >= 0.3 is 0 Å². The number of aliphatic hydroxyl groups excluding tert-OH is 1. The van der Waals surface area contributed by atoms with Crippen LogP contribution in [0.25, 0.3) is 0 Å². The Bertz CT molecular complexity index is 495. The molecule has 1 heterocycles. The summed E-state index contributed by atoms with van der Waals surface area (Å²) in [5.74, 6) is -1.21. The predicted molar refractivity (Wildman–Crippen MR) is 86.3 cm³/mol. The number of ether oxygens (including phenoxy) is 2. The van der Waals surface area contributed by atoms with Crippen LogP contribution in [0, 0.1) is 17.8 Å². The molecule has 7 atom stereocenters. The number of rotatable bonds is 3. The van der Waals surface area contributed by atoms with Gasteiger partial charge in [0.25, 0.3) is 10.1 Å². The number of hydrogen-bond acceptors (Lipinski definition) is 6. The highest BCUT2D eigenvalue weighted by Crippen LogP contribution is 2.45. The van der Waals surface area contributed by atoms with E-state index >= 15 is 0 Å². The first-order chi connectivity index (χ1) is 10.5. The van der Waals surface area contributed by atoms with Gasteiger partial charge in [0.2, 0.25) is 0 Å². The summed E-state index contributed by atoms with van der Waals surface area (Å²) in [6.07, 6.45) is 2.38. The molecule has 1 saturated heterocycles. The molecule has 0 amide bonds. The van der Waals surface area contributed by atoms with E-state index in [9.17, 15) is 13.5 Å². The van der Waals surface area contributed by atoms with Crippen LogP contribution in [0.4, 0.5) is 0 Å². The maximum Gasteiger partial charge on any atom is 0.264 e. The van der Waals surface area contributed by atoms with Gasteiger partial charge < -0.3 is 14.6 Å². The van der Waals surface area contributed by atoms with Crippen LogP contribution in [0.15, 0.2) is 0 Å². The van der Waals surface area contributed by atoms with Crippen molar-refractivity contribution in [3.8, 4) is 0 Å². The minimum atomic E-state index is -3.56. The molecule has 6 nitrogen and oxygen atoms in total. The highest BCUT2D eigenvalue weighted by Gasteiger charge is 2.55. The lowest BCUT2D eigenvalue weighted by molar-refractivity contribution is -0.372. The molecule has 1 aliphatic heterocycles. The topological polar surface area (TPSA) is 82.1 Å². The fraction of sp³-hybridized carbons (Fsp3) is 1.00. The van der Waals surface area contributed by atoms with Gasteiger partial charge in [0.15, 0.2) is 5.79 Å². The van der Waals surface area contributed by atoms with Crippen molar-refractivity contribution >= 4 is 10.1 Å². The Labute approximate surface area is 139 Å². The Morgan fingerprint density at radius 3 is 2.17 bits per heavy atom. The molecule has 1 spiro atoms. The first-order valence-corrected chi connectivity index (χ1v) is 10.2. The van der Waals surface area contributed by atoms with Crippen molar-refractivity contribution in [3.63, 3.8) is 0 Å². The quantitative estimate of drug-likeness (QED) is 0.783. The van der Waals surface area contributed by atoms with Gasteiger partial charge in [-0.2, -0.15) is 8.42 Å². The fourth-order valence-corrected chi connectivity index (χ4v) is 4.50. The van der Waals surface area contributed by atoms with Crippen molar-refractivity contribution in [2.45, 2.75) is 71.1 Å². The van der Waals surface area contributed by atoms with Crippen LogP contribution in [-0.4, -0.2) is 50.5 Å². The largest absolute Gasteiger partial charge is 0.387 e. The summed E-state index contributed by atoms with van der Waals surface area (Å²) in [5, 5.41) is 10.9. The van der Waals surface area contributed by atoms with Gasteiger partial charge in [0.1, 0.15) is 6.10 Å². The monoisotopic (exact) mass is 350 g/mol. The summed E-state index contributed by atoms with van der Waals surface area (Å²) < 4.78 is 40.2. The Hall–Kier alpha value is -0.210. The molecule has 1 unspecified atom stereocenters. The lowest BCUT2D eigenvalue weighted by Gasteiger charge is -2.49. The average molecular weight is 350 g/mol. The summed E-state index contributed by atoms with van der Waals surface area (Å²) in [7, 11) is -3.56. The third-order valence-electron chi connectivity index (χ3n) is 4.90. The predicted octanol–water partition coefficient (Wildman–Crippen LogP) is 1.92. The summed E-state index contributed by atoms with van der Waals surface area (Å²) in [6.45, 7) is 7.97. The van der Waals surface area contributed by atoms with E-state index in [-0.39, 0.29) is 30.7 Å². The van der Waals surface area contributed by atoms with Crippen molar-refractivity contribution in [2.24, 2.45) is 17.8 Å². The molecule has 0 bridgehead atoms. The summed E-state index contributed by atoms with van der Waals surface area (Å²) in [6, 6.07) is 0. The van der Waals surface area contributed by atoms with Crippen molar-refractivity contribution in [1.29, 1.82) is 0 Å². The van der Waals surface area contributed by atoms with E-state index in [1.165, 1.54) is 0 Å². The Balaban J connectivity index is 2.35. The second kappa shape index (κ2) is 6.96. The molecular formula is C16H30O6S. The molecular weight excluding hydrogens is 320 g/mol. The highest BCUT2D eigenvalue weighted by molar-refractivity contribution is 7.85. The van der Waals surface area contributed by atoms with Crippen LogP contribution in [0.2, 0.25) is 0 Å². The number of aliphatic hydroxyl groups is 1. The van der Waals surface area contributed by atoms with Gasteiger partial charge in [-0.1, -0.05) is 13.8 Å². The molecule has 1 aliphatic carbocycles. The van der Waals surface area contributed by atoms with Crippen LogP contribution in [0.3, 0.4) is 0 Å².